The number of carbonyl (C=O) groups excluding carboxylic acids is 1. The van der Waals surface area contributed by atoms with Crippen LogP contribution in [0.4, 0.5) is 0 Å². The fourth-order valence-electron chi connectivity index (χ4n) is 2.92. The van der Waals surface area contributed by atoms with Crippen LogP contribution in [0.1, 0.15) is 33.6 Å². The zero-order chi connectivity index (χ0) is 15.4. The summed E-state index contributed by atoms with van der Waals surface area (Å²) >= 11 is 7.19. The maximum atomic E-state index is 12.1. The van der Waals surface area contributed by atoms with Crippen molar-refractivity contribution >= 4 is 28.8 Å². The summed E-state index contributed by atoms with van der Waals surface area (Å²) in [6.45, 7) is 4.14. The number of hydrogen-bond donors (Lipinski definition) is 2. The second-order valence-corrected chi connectivity index (χ2v) is 7.40. The summed E-state index contributed by atoms with van der Waals surface area (Å²) in [7, 11) is 0. The summed E-state index contributed by atoms with van der Waals surface area (Å²) in [5.41, 5.74) is 2.54. The van der Waals surface area contributed by atoms with Crippen molar-refractivity contribution in [3.8, 4) is 0 Å². The number of thiophene rings is 1. The van der Waals surface area contributed by atoms with Gasteiger partial charge in [0, 0.05) is 24.9 Å². The number of carbonyl (C=O) groups is 1. The van der Waals surface area contributed by atoms with Gasteiger partial charge in [-0.1, -0.05) is 35.9 Å². The maximum absolute atomic E-state index is 12.1. The van der Waals surface area contributed by atoms with E-state index >= 15 is 0 Å². The summed E-state index contributed by atoms with van der Waals surface area (Å²) in [5, 5.41) is 3.00. The van der Waals surface area contributed by atoms with Gasteiger partial charge in [0.05, 0.1) is 22.3 Å². The highest BCUT2D eigenvalue weighted by atomic mass is 35.5. The van der Waals surface area contributed by atoms with Crippen molar-refractivity contribution in [2.75, 3.05) is 13.1 Å². The first-order chi connectivity index (χ1) is 10.7. The summed E-state index contributed by atoms with van der Waals surface area (Å²) in [5.74, 6) is -0.0553. The first-order valence-corrected chi connectivity index (χ1v) is 8.86. The Labute approximate surface area is 139 Å². The van der Waals surface area contributed by atoms with Gasteiger partial charge in [0.1, 0.15) is 6.54 Å². The highest BCUT2D eigenvalue weighted by Gasteiger charge is 2.17. The van der Waals surface area contributed by atoms with Crippen molar-refractivity contribution in [1.29, 1.82) is 0 Å². The largest absolute Gasteiger partial charge is 0.347 e. The molecule has 1 fully saturated rings. The predicted molar refractivity (Wildman–Crippen MR) is 90.6 cm³/mol. The molecule has 3 nitrogen and oxygen atoms in total. The van der Waals surface area contributed by atoms with E-state index in [0.717, 1.165) is 6.54 Å². The van der Waals surface area contributed by atoms with E-state index in [1.54, 1.807) is 17.0 Å². The number of likely N-dealkylation sites (tertiary alicyclic amines) is 1. The van der Waals surface area contributed by atoms with E-state index < -0.39 is 0 Å². The van der Waals surface area contributed by atoms with Crippen LogP contribution in [0.3, 0.4) is 0 Å². The number of halogens is 1. The number of rotatable bonds is 5. The van der Waals surface area contributed by atoms with Gasteiger partial charge in [-0.3, -0.25) is 4.79 Å². The van der Waals surface area contributed by atoms with E-state index in [9.17, 15) is 4.79 Å². The molecule has 2 aromatic rings. The Morgan fingerprint density at radius 1 is 1.14 bits per heavy atom. The molecule has 0 saturated carbocycles. The monoisotopic (exact) mass is 335 g/mol. The molecule has 116 valence electrons. The fraction of sp³-hybridized carbons (Fsp3) is 0.353. The highest BCUT2D eigenvalue weighted by molar-refractivity contribution is 7.17. The summed E-state index contributed by atoms with van der Waals surface area (Å²) < 4.78 is 0.642. The van der Waals surface area contributed by atoms with Crippen LogP contribution in [0.2, 0.25) is 4.34 Å². The predicted octanol–water partition coefficient (Wildman–Crippen LogP) is 2.51. The Kier molecular flexibility index (Phi) is 5.13. The molecule has 1 aromatic carbocycles. The molecule has 5 heteroatoms. The molecule has 2 heterocycles. The van der Waals surface area contributed by atoms with Gasteiger partial charge < -0.3 is 10.2 Å². The molecule has 0 unspecified atom stereocenters. The van der Waals surface area contributed by atoms with Gasteiger partial charge in [-0.15, -0.1) is 11.3 Å². The molecule has 22 heavy (non-hydrogen) atoms. The van der Waals surface area contributed by atoms with Crippen molar-refractivity contribution in [1.82, 2.24) is 5.32 Å². The Morgan fingerprint density at radius 3 is 2.55 bits per heavy atom. The summed E-state index contributed by atoms with van der Waals surface area (Å²) in [6.07, 6.45) is 2.65. The summed E-state index contributed by atoms with van der Waals surface area (Å²) in [6, 6.07) is 11.9. The molecule has 0 radical (unpaired) electrons. The van der Waals surface area contributed by atoms with E-state index in [0.29, 0.717) is 15.8 Å². The molecule has 3 rings (SSSR count). The number of quaternary nitrogens is 1. The molecule has 2 N–H and O–H groups in total. The van der Waals surface area contributed by atoms with Gasteiger partial charge in [0.15, 0.2) is 0 Å². The molecule has 1 saturated heterocycles. The molecule has 1 amide bonds. The standard InChI is InChI=1S/C17H19ClN2OS/c18-16-8-7-15(22-16)17(21)19-11-13-5-1-2-6-14(13)12-20-9-3-4-10-20/h1-2,5-8H,3-4,9-12H2,(H,19,21)/p+1. The molecule has 0 aliphatic carbocycles. The van der Waals surface area contributed by atoms with Crippen LogP contribution in [0, 0.1) is 0 Å². The molecular formula is C17H20ClN2OS+. The lowest BCUT2D eigenvalue weighted by atomic mass is 10.1. The van der Waals surface area contributed by atoms with E-state index in [-0.39, 0.29) is 5.91 Å². The SMILES string of the molecule is O=C(NCc1ccccc1C[NH+]1CCCC1)c1ccc(Cl)s1. The van der Waals surface area contributed by atoms with Crippen LogP contribution in [0.25, 0.3) is 0 Å². The Balaban J connectivity index is 1.63. The van der Waals surface area contributed by atoms with Gasteiger partial charge in [0.2, 0.25) is 0 Å². The topological polar surface area (TPSA) is 33.5 Å². The minimum Gasteiger partial charge on any atom is -0.347 e. The van der Waals surface area contributed by atoms with E-state index in [2.05, 4.69) is 23.5 Å². The molecule has 1 aliphatic rings. The number of amides is 1. The third-order valence-electron chi connectivity index (χ3n) is 4.11. The number of nitrogens with one attached hydrogen (secondary N) is 2. The Morgan fingerprint density at radius 2 is 1.86 bits per heavy atom. The highest BCUT2D eigenvalue weighted by Crippen LogP contribution is 2.21. The van der Waals surface area contributed by atoms with E-state index in [1.807, 2.05) is 6.07 Å². The quantitative estimate of drug-likeness (QED) is 0.865. The van der Waals surface area contributed by atoms with E-state index in [4.69, 9.17) is 11.6 Å². The third-order valence-corrected chi connectivity index (χ3v) is 5.34. The lowest BCUT2D eigenvalue weighted by molar-refractivity contribution is -0.901. The van der Waals surface area contributed by atoms with Crippen molar-refractivity contribution in [2.45, 2.75) is 25.9 Å². The molecule has 0 atom stereocenters. The van der Waals surface area contributed by atoms with Crippen LogP contribution in [0.5, 0.6) is 0 Å². The first-order valence-electron chi connectivity index (χ1n) is 7.66. The second kappa shape index (κ2) is 7.27. The molecule has 0 spiro atoms. The number of benzene rings is 1. The minimum atomic E-state index is -0.0553. The zero-order valence-corrected chi connectivity index (χ0v) is 14.0. The minimum absolute atomic E-state index is 0.0553. The van der Waals surface area contributed by atoms with Crippen LogP contribution >= 0.6 is 22.9 Å². The van der Waals surface area contributed by atoms with Crippen molar-refractivity contribution < 1.29 is 9.69 Å². The maximum Gasteiger partial charge on any atom is 0.261 e. The van der Waals surface area contributed by atoms with Gasteiger partial charge in [-0.2, -0.15) is 0 Å². The average Bonchev–Trinajstić information content (AvgIpc) is 3.18. The Bertz CT molecular complexity index is 650. The molecular weight excluding hydrogens is 316 g/mol. The second-order valence-electron chi connectivity index (χ2n) is 5.69. The molecule has 1 aliphatic heterocycles. The van der Waals surface area contributed by atoms with Gasteiger partial charge in [-0.05, 0) is 17.7 Å². The lowest BCUT2D eigenvalue weighted by Gasteiger charge is -2.15. The van der Waals surface area contributed by atoms with Crippen LogP contribution in [-0.4, -0.2) is 19.0 Å². The van der Waals surface area contributed by atoms with Gasteiger partial charge >= 0.3 is 0 Å². The van der Waals surface area contributed by atoms with Crippen LogP contribution in [0.15, 0.2) is 36.4 Å². The smallest absolute Gasteiger partial charge is 0.261 e. The molecule has 0 bridgehead atoms. The van der Waals surface area contributed by atoms with E-state index in [1.165, 1.54) is 48.4 Å². The number of hydrogen-bond acceptors (Lipinski definition) is 2. The van der Waals surface area contributed by atoms with Crippen molar-refractivity contribution in [2.24, 2.45) is 0 Å². The third kappa shape index (κ3) is 3.88. The van der Waals surface area contributed by atoms with Crippen LogP contribution < -0.4 is 10.2 Å². The zero-order valence-electron chi connectivity index (χ0n) is 12.4. The fourth-order valence-corrected chi connectivity index (χ4v) is 3.88. The van der Waals surface area contributed by atoms with Gasteiger partial charge in [-0.25, -0.2) is 0 Å². The van der Waals surface area contributed by atoms with Gasteiger partial charge in [0.25, 0.3) is 5.91 Å². The van der Waals surface area contributed by atoms with Crippen LogP contribution in [-0.2, 0) is 13.1 Å². The normalized spacial score (nSPS) is 15.1. The Hall–Kier alpha value is -1.36. The molecule has 1 aromatic heterocycles. The van der Waals surface area contributed by atoms with Crippen molar-refractivity contribution in [3.63, 3.8) is 0 Å². The summed E-state index contributed by atoms with van der Waals surface area (Å²) in [4.78, 5) is 14.4. The average molecular weight is 336 g/mol. The first kappa shape index (κ1) is 15.5. The lowest BCUT2D eigenvalue weighted by Crippen LogP contribution is -3.08. The van der Waals surface area contributed by atoms with Crippen molar-refractivity contribution in [3.05, 3.63) is 56.7 Å².